The van der Waals surface area contributed by atoms with Crippen LogP contribution in [0, 0.1) is 0 Å². The highest BCUT2D eigenvalue weighted by Crippen LogP contribution is 2.23. The first kappa shape index (κ1) is 14.9. The van der Waals surface area contributed by atoms with E-state index in [0.717, 1.165) is 0 Å². The number of hydrogen-bond acceptors (Lipinski definition) is 3. The number of carboxylic acid groups (broad SMARTS) is 1. The third-order valence-electron chi connectivity index (χ3n) is 2.72. The van der Waals surface area contributed by atoms with E-state index in [2.05, 4.69) is 15.9 Å². The van der Waals surface area contributed by atoms with E-state index in [1.165, 1.54) is 0 Å². The average Bonchev–Trinajstić information content (AvgIpc) is 2.36. The largest absolute Gasteiger partial charge is 0.479 e. The second-order valence-electron chi connectivity index (χ2n) is 3.83. The molecule has 0 amide bonds. The standard InChI is InChI=1S/C13H15BrO4/c1-2-8-9(11(15)6-7-14)4-3-5-10(8)12(16)13(17)18/h3-5,12,16H,2,6-7H2,1H3,(H,17,18). The van der Waals surface area contributed by atoms with Crippen molar-refractivity contribution in [2.45, 2.75) is 25.9 Å². The highest BCUT2D eigenvalue weighted by atomic mass is 79.9. The monoisotopic (exact) mass is 314 g/mol. The van der Waals surface area contributed by atoms with Crippen LogP contribution in [-0.2, 0) is 11.2 Å². The summed E-state index contributed by atoms with van der Waals surface area (Å²) in [6, 6.07) is 4.81. The molecule has 0 aliphatic heterocycles. The second kappa shape index (κ2) is 6.66. The molecule has 1 atom stereocenters. The molecular weight excluding hydrogens is 300 g/mol. The predicted octanol–water partition coefficient (Wildman–Crippen LogP) is 2.33. The lowest BCUT2D eigenvalue weighted by Gasteiger charge is -2.14. The molecule has 1 rings (SSSR count). The molecule has 0 spiro atoms. The minimum Gasteiger partial charge on any atom is -0.479 e. The summed E-state index contributed by atoms with van der Waals surface area (Å²) in [4.78, 5) is 22.7. The Balaban J connectivity index is 3.26. The molecule has 1 unspecified atom stereocenters. The number of aliphatic carboxylic acids is 1. The van der Waals surface area contributed by atoms with Gasteiger partial charge in [0.2, 0.25) is 0 Å². The fraction of sp³-hybridized carbons (Fsp3) is 0.385. The first-order valence-corrected chi connectivity index (χ1v) is 6.76. The number of benzene rings is 1. The zero-order valence-electron chi connectivity index (χ0n) is 10.0. The van der Waals surface area contributed by atoms with Crippen molar-refractivity contribution in [1.29, 1.82) is 0 Å². The summed E-state index contributed by atoms with van der Waals surface area (Å²) in [6.45, 7) is 1.83. The van der Waals surface area contributed by atoms with Crippen molar-refractivity contribution < 1.29 is 19.8 Å². The van der Waals surface area contributed by atoms with Crippen LogP contribution >= 0.6 is 15.9 Å². The quantitative estimate of drug-likeness (QED) is 0.624. The molecule has 2 N–H and O–H groups in total. The number of alkyl halides is 1. The molecule has 1 aromatic carbocycles. The van der Waals surface area contributed by atoms with Gasteiger partial charge in [0.15, 0.2) is 11.9 Å². The Morgan fingerprint density at radius 1 is 1.39 bits per heavy atom. The van der Waals surface area contributed by atoms with Gasteiger partial charge in [-0.2, -0.15) is 0 Å². The molecule has 0 fully saturated rings. The topological polar surface area (TPSA) is 74.6 Å². The molecule has 0 aliphatic rings. The van der Waals surface area contributed by atoms with Crippen molar-refractivity contribution in [2.75, 3.05) is 5.33 Å². The third-order valence-corrected chi connectivity index (χ3v) is 3.11. The van der Waals surface area contributed by atoms with Gasteiger partial charge in [-0.25, -0.2) is 4.79 Å². The van der Waals surface area contributed by atoms with E-state index in [4.69, 9.17) is 5.11 Å². The Kier molecular flexibility index (Phi) is 5.50. The van der Waals surface area contributed by atoms with E-state index in [-0.39, 0.29) is 5.78 Å². The Morgan fingerprint density at radius 2 is 2.06 bits per heavy atom. The van der Waals surface area contributed by atoms with Gasteiger partial charge in [-0.05, 0) is 17.5 Å². The summed E-state index contributed by atoms with van der Waals surface area (Å²) < 4.78 is 0. The lowest BCUT2D eigenvalue weighted by molar-refractivity contribution is -0.147. The molecule has 0 bridgehead atoms. The number of ketones is 1. The van der Waals surface area contributed by atoms with Crippen LogP contribution in [0.25, 0.3) is 0 Å². The molecule has 0 saturated heterocycles. The lowest BCUT2D eigenvalue weighted by atomic mass is 9.92. The van der Waals surface area contributed by atoms with E-state index in [0.29, 0.717) is 34.9 Å². The van der Waals surface area contributed by atoms with Gasteiger partial charge in [-0.15, -0.1) is 0 Å². The summed E-state index contributed by atoms with van der Waals surface area (Å²) in [6.07, 6.45) is -0.736. The highest BCUT2D eigenvalue weighted by molar-refractivity contribution is 9.09. The lowest BCUT2D eigenvalue weighted by Crippen LogP contribution is -2.15. The number of carboxylic acids is 1. The van der Waals surface area contributed by atoms with E-state index in [1.54, 1.807) is 18.2 Å². The van der Waals surface area contributed by atoms with Crippen LogP contribution in [0.4, 0.5) is 0 Å². The summed E-state index contributed by atoms with van der Waals surface area (Å²) >= 11 is 3.20. The maximum Gasteiger partial charge on any atom is 0.337 e. The summed E-state index contributed by atoms with van der Waals surface area (Å²) in [5.74, 6) is -1.36. The smallest absolute Gasteiger partial charge is 0.337 e. The van der Waals surface area contributed by atoms with Gasteiger partial charge in [-0.1, -0.05) is 41.1 Å². The zero-order valence-corrected chi connectivity index (χ0v) is 11.6. The molecule has 18 heavy (non-hydrogen) atoms. The van der Waals surface area contributed by atoms with Crippen LogP contribution in [0.1, 0.15) is 40.9 Å². The van der Waals surface area contributed by atoms with Crippen molar-refractivity contribution in [3.63, 3.8) is 0 Å². The Hall–Kier alpha value is -1.20. The number of hydrogen-bond donors (Lipinski definition) is 2. The van der Waals surface area contributed by atoms with Crippen LogP contribution in [0.15, 0.2) is 18.2 Å². The van der Waals surface area contributed by atoms with Crippen molar-refractivity contribution in [3.8, 4) is 0 Å². The minimum atomic E-state index is -1.59. The summed E-state index contributed by atoms with van der Waals surface area (Å²) in [7, 11) is 0. The fourth-order valence-corrected chi connectivity index (χ4v) is 2.23. The molecule has 98 valence electrons. The van der Waals surface area contributed by atoms with Crippen LogP contribution < -0.4 is 0 Å². The molecule has 0 saturated carbocycles. The average molecular weight is 315 g/mol. The van der Waals surface area contributed by atoms with Crippen molar-refractivity contribution in [3.05, 3.63) is 34.9 Å². The zero-order chi connectivity index (χ0) is 13.7. The highest BCUT2D eigenvalue weighted by Gasteiger charge is 2.22. The van der Waals surface area contributed by atoms with Crippen LogP contribution in [0.5, 0.6) is 0 Å². The number of halogens is 1. The van der Waals surface area contributed by atoms with Crippen LogP contribution in [0.2, 0.25) is 0 Å². The van der Waals surface area contributed by atoms with Crippen molar-refractivity contribution >= 4 is 27.7 Å². The van der Waals surface area contributed by atoms with Crippen LogP contribution in [0.3, 0.4) is 0 Å². The van der Waals surface area contributed by atoms with Crippen molar-refractivity contribution in [1.82, 2.24) is 0 Å². The minimum absolute atomic E-state index is 0.0526. The number of carbonyl (C=O) groups is 2. The number of aliphatic hydroxyl groups excluding tert-OH is 1. The Labute approximate surface area is 114 Å². The molecule has 1 aromatic rings. The number of carbonyl (C=O) groups excluding carboxylic acids is 1. The predicted molar refractivity (Wildman–Crippen MR) is 71.2 cm³/mol. The number of rotatable bonds is 6. The summed E-state index contributed by atoms with van der Waals surface area (Å²) in [5, 5.41) is 19.0. The molecule has 0 aromatic heterocycles. The van der Waals surface area contributed by atoms with Gasteiger partial charge in [0.05, 0.1) is 0 Å². The Morgan fingerprint density at radius 3 is 2.56 bits per heavy atom. The number of aliphatic hydroxyl groups is 1. The van der Waals surface area contributed by atoms with Gasteiger partial charge < -0.3 is 10.2 Å². The first-order valence-electron chi connectivity index (χ1n) is 5.64. The van der Waals surface area contributed by atoms with Gasteiger partial charge in [-0.3, -0.25) is 4.79 Å². The Bertz CT molecular complexity index is 456. The van der Waals surface area contributed by atoms with Gasteiger partial charge >= 0.3 is 5.97 Å². The normalized spacial score (nSPS) is 12.2. The van der Waals surface area contributed by atoms with E-state index in [9.17, 15) is 14.7 Å². The van der Waals surface area contributed by atoms with E-state index >= 15 is 0 Å². The second-order valence-corrected chi connectivity index (χ2v) is 4.62. The fourth-order valence-electron chi connectivity index (χ4n) is 1.87. The maximum absolute atomic E-state index is 11.9. The van der Waals surface area contributed by atoms with Crippen LogP contribution in [-0.4, -0.2) is 27.3 Å². The summed E-state index contributed by atoms with van der Waals surface area (Å²) in [5.41, 5.74) is 1.40. The van der Waals surface area contributed by atoms with Gasteiger partial charge in [0.1, 0.15) is 0 Å². The third kappa shape index (κ3) is 3.17. The molecule has 0 radical (unpaired) electrons. The molecular formula is C13H15BrO4. The first-order chi connectivity index (χ1) is 8.52. The number of Topliss-reactive ketones (excluding diaryl/α,β-unsaturated/α-hetero) is 1. The van der Waals surface area contributed by atoms with Gasteiger partial charge in [0, 0.05) is 17.3 Å². The van der Waals surface area contributed by atoms with E-state index < -0.39 is 12.1 Å². The SMILES string of the molecule is CCc1c(C(=O)CCBr)cccc1C(O)C(=O)O. The van der Waals surface area contributed by atoms with Crippen molar-refractivity contribution in [2.24, 2.45) is 0 Å². The molecule has 0 aliphatic carbocycles. The van der Waals surface area contributed by atoms with Gasteiger partial charge in [0.25, 0.3) is 0 Å². The molecule has 0 heterocycles. The maximum atomic E-state index is 11.9. The molecule has 4 nitrogen and oxygen atoms in total. The molecule has 5 heteroatoms. The van der Waals surface area contributed by atoms with E-state index in [1.807, 2.05) is 6.92 Å².